The molecule has 0 saturated carbocycles. The third-order valence-corrected chi connectivity index (χ3v) is 6.61. The summed E-state index contributed by atoms with van der Waals surface area (Å²) in [6, 6.07) is 29.4. The molecule has 5 heteroatoms. The molecule has 0 fully saturated rings. The fourth-order valence-electron chi connectivity index (χ4n) is 4.31. The maximum atomic E-state index is 14.2. The summed E-state index contributed by atoms with van der Waals surface area (Å²) in [6.45, 7) is 12.9. The van der Waals surface area contributed by atoms with Crippen molar-refractivity contribution >= 4 is 22.8 Å². The average molecular weight is 616 g/mol. The topological polar surface area (TPSA) is 24.7 Å². The number of rotatable bonds is 7. The molecule has 2 atom stereocenters. The van der Waals surface area contributed by atoms with Crippen LogP contribution in [-0.2, 0) is 20.4 Å². The van der Waals surface area contributed by atoms with Gasteiger partial charge in [-0.15, -0.1) is 0 Å². The zero-order chi connectivity index (χ0) is 27.7. The van der Waals surface area contributed by atoms with E-state index in [1.165, 1.54) is 12.1 Å². The van der Waals surface area contributed by atoms with Gasteiger partial charge in [0.05, 0.1) is 22.8 Å². The van der Waals surface area contributed by atoms with Gasteiger partial charge >= 0.3 is 20.4 Å². The van der Waals surface area contributed by atoms with E-state index in [9.17, 15) is 8.78 Å². The minimum atomic E-state index is -0.291. The Morgan fingerprint density at radius 1 is 0.590 bits per heavy atom. The minimum absolute atomic E-state index is 0. The monoisotopic (exact) mass is 615 g/mol. The molecule has 4 rings (SSSR count). The van der Waals surface area contributed by atoms with Crippen molar-refractivity contribution < 1.29 is 29.2 Å². The second kappa shape index (κ2) is 15.4. The first kappa shape index (κ1) is 32.0. The van der Waals surface area contributed by atoms with Crippen LogP contribution in [0.4, 0.5) is 20.2 Å². The van der Waals surface area contributed by atoms with Gasteiger partial charge in [0.25, 0.3) is 0 Å². The Hall–Kier alpha value is -3.26. The third kappa shape index (κ3) is 8.36. The van der Waals surface area contributed by atoms with E-state index in [1.807, 2.05) is 74.5 Å². The molecule has 39 heavy (non-hydrogen) atoms. The zero-order valence-electron chi connectivity index (χ0n) is 23.1. The van der Waals surface area contributed by atoms with E-state index in [0.29, 0.717) is 22.8 Å². The summed E-state index contributed by atoms with van der Waals surface area (Å²) in [6.07, 6.45) is 0. The van der Waals surface area contributed by atoms with Gasteiger partial charge in [0.2, 0.25) is 0 Å². The van der Waals surface area contributed by atoms with E-state index in [1.54, 1.807) is 31.2 Å². The Labute approximate surface area is 245 Å². The van der Waals surface area contributed by atoms with E-state index in [-0.39, 0.29) is 43.9 Å². The molecule has 0 bridgehead atoms. The fourth-order valence-corrected chi connectivity index (χ4v) is 4.31. The summed E-state index contributed by atoms with van der Waals surface area (Å²) in [4.78, 5) is 9.68. The minimum Gasteiger partial charge on any atom is -0.346 e. The van der Waals surface area contributed by atoms with Gasteiger partial charge < -0.3 is 6.92 Å². The van der Waals surface area contributed by atoms with Crippen molar-refractivity contribution in [2.45, 2.75) is 46.5 Å². The molecule has 0 saturated heterocycles. The van der Waals surface area contributed by atoms with Crippen LogP contribution in [0.1, 0.15) is 68.7 Å². The first-order valence-corrected chi connectivity index (χ1v) is 12.8. The standard InChI is InChI=1S/C32H30F2N2.C2H5.Pd/c1-21(25-11-7-5-8-12-25)29-19-27(33)15-17-31(29)35-23(3)24(4)36-32-18-16-28(34)20-30(32)22(2)26-13-9-6-10-14-26;1-2;/h5-22H,1-4H3;1H2,2H3;/q;-1;+2. The fraction of sp³-hybridized carbons (Fsp3) is 0.206. The number of benzene rings is 4. The van der Waals surface area contributed by atoms with Crippen molar-refractivity contribution in [2.75, 3.05) is 0 Å². The smallest absolute Gasteiger partial charge is 0.346 e. The first-order chi connectivity index (χ1) is 18.3. The van der Waals surface area contributed by atoms with E-state index in [0.717, 1.165) is 22.3 Å². The summed E-state index contributed by atoms with van der Waals surface area (Å²) in [5.74, 6) is -0.636. The predicted molar refractivity (Wildman–Crippen MR) is 157 cm³/mol. The Morgan fingerprint density at radius 2 is 0.923 bits per heavy atom. The maximum absolute atomic E-state index is 14.2. The van der Waals surface area contributed by atoms with Crippen molar-refractivity contribution in [3.05, 3.63) is 138 Å². The van der Waals surface area contributed by atoms with Gasteiger partial charge in [-0.25, -0.2) is 8.78 Å². The molecule has 4 aromatic carbocycles. The van der Waals surface area contributed by atoms with Gasteiger partial charge in [-0.3, -0.25) is 9.98 Å². The first-order valence-electron chi connectivity index (χ1n) is 12.8. The van der Waals surface area contributed by atoms with Crippen LogP contribution in [0.3, 0.4) is 0 Å². The summed E-state index contributed by atoms with van der Waals surface area (Å²) >= 11 is 0. The third-order valence-electron chi connectivity index (χ3n) is 6.61. The molecule has 4 aromatic rings. The SMILES string of the molecule is CC(=Nc1ccc(F)cc1C(C)c1ccccc1)C(C)=Nc1ccc(F)cc1C(C)c1ccccc1.[CH2-]C.[Pd+2]. The van der Waals surface area contributed by atoms with Gasteiger partial charge in [0.15, 0.2) is 0 Å². The maximum Gasteiger partial charge on any atom is 2.00 e. The van der Waals surface area contributed by atoms with E-state index >= 15 is 0 Å². The zero-order valence-corrected chi connectivity index (χ0v) is 24.6. The number of hydrogen-bond donors (Lipinski definition) is 0. The molecule has 0 heterocycles. The second-order valence-electron chi connectivity index (χ2n) is 9.07. The second-order valence-corrected chi connectivity index (χ2v) is 9.07. The summed E-state index contributed by atoms with van der Waals surface area (Å²) < 4.78 is 28.4. The van der Waals surface area contributed by atoms with Crippen molar-refractivity contribution in [1.82, 2.24) is 0 Å². The van der Waals surface area contributed by atoms with Crippen LogP contribution in [0.5, 0.6) is 0 Å². The molecule has 0 aliphatic heterocycles. The predicted octanol–water partition coefficient (Wildman–Crippen LogP) is 9.99. The normalized spacial score (nSPS) is 13.0. The number of nitrogens with zero attached hydrogens (tertiary/aromatic N) is 2. The van der Waals surface area contributed by atoms with Crippen LogP contribution >= 0.6 is 0 Å². The van der Waals surface area contributed by atoms with Gasteiger partial charge in [0, 0.05) is 11.8 Å². The molecule has 0 N–H and O–H groups in total. The molecule has 0 aromatic heterocycles. The van der Waals surface area contributed by atoms with Crippen molar-refractivity contribution in [3.63, 3.8) is 0 Å². The Bertz CT molecular complexity index is 1290. The van der Waals surface area contributed by atoms with Crippen molar-refractivity contribution in [1.29, 1.82) is 0 Å². The van der Waals surface area contributed by atoms with Crippen LogP contribution in [0, 0.1) is 18.6 Å². The molecule has 2 unspecified atom stereocenters. The van der Waals surface area contributed by atoms with Crippen LogP contribution in [-0.4, -0.2) is 11.4 Å². The molecule has 204 valence electrons. The van der Waals surface area contributed by atoms with E-state index < -0.39 is 0 Å². The molecule has 0 aliphatic carbocycles. The van der Waals surface area contributed by atoms with Crippen LogP contribution in [0.2, 0.25) is 0 Å². The van der Waals surface area contributed by atoms with Gasteiger partial charge in [-0.1, -0.05) is 74.5 Å². The molecule has 0 spiro atoms. The van der Waals surface area contributed by atoms with E-state index in [2.05, 4.69) is 20.8 Å². The van der Waals surface area contributed by atoms with Crippen molar-refractivity contribution in [3.8, 4) is 0 Å². The Balaban J connectivity index is 0.00000174. The van der Waals surface area contributed by atoms with Crippen LogP contribution in [0.15, 0.2) is 107 Å². The molecule has 0 aliphatic rings. The Morgan fingerprint density at radius 3 is 1.26 bits per heavy atom. The summed E-state index contributed by atoms with van der Waals surface area (Å²) in [5.41, 5.74) is 6.65. The van der Waals surface area contributed by atoms with E-state index in [4.69, 9.17) is 9.98 Å². The molecule has 0 radical (unpaired) electrons. The molecule has 0 amide bonds. The van der Waals surface area contributed by atoms with Gasteiger partial charge in [0.1, 0.15) is 11.6 Å². The molecular weight excluding hydrogens is 581 g/mol. The van der Waals surface area contributed by atoms with Crippen LogP contribution in [0.25, 0.3) is 0 Å². The molecule has 2 nitrogen and oxygen atoms in total. The number of hydrogen-bond acceptors (Lipinski definition) is 2. The Kier molecular flexibility index (Phi) is 12.6. The van der Waals surface area contributed by atoms with Gasteiger partial charge in [-0.2, -0.15) is 6.92 Å². The summed E-state index contributed by atoms with van der Waals surface area (Å²) in [7, 11) is 0. The largest absolute Gasteiger partial charge is 2.00 e. The van der Waals surface area contributed by atoms with Crippen LogP contribution < -0.4 is 0 Å². The van der Waals surface area contributed by atoms with Crippen molar-refractivity contribution in [2.24, 2.45) is 9.98 Å². The number of aliphatic imine (C=N–C) groups is 2. The molecular formula is C34H35F2N2Pd+. The average Bonchev–Trinajstić information content (AvgIpc) is 2.96. The quantitative estimate of drug-likeness (QED) is 0.112. The van der Waals surface area contributed by atoms with Gasteiger partial charge in [-0.05, 0) is 72.5 Å². The summed E-state index contributed by atoms with van der Waals surface area (Å²) in [5, 5.41) is 0. The number of halogens is 2.